The van der Waals surface area contributed by atoms with Gasteiger partial charge < -0.3 is 95.2 Å². The SMILES string of the molecule is C#CCOCCOCCOCCOCCC(=O)N[C@H](CCC(=O)NCCCCCCNC(=O)O[C@H]1[C@@H]([C@@H](NC(C)=O)C(CC)CC)[C@H](NC(=C)NC(=O)OC(C)(C)C)C[C@@H]1C(=O)OC)C(=O)NCC(=O)NCCCCCCNC(=O)O[C@H]1[C@@H]([C@@H](NC(C)=O)C(CC)CC)[C@H](CC(C)=NC(=O)OC(C)(C)C)C[C@@H]1C(=O)OC. The van der Waals surface area contributed by atoms with Crippen molar-refractivity contribution in [3.8, 4) is 12.3 Å². The topological polar surface area (TPSA) is 430 Å². The zero-order chi connectivity index (χ0) is 83.1. The van der Waals surface area contributed by atoms with E-state index in [1.807, 2.05) is 27.7 Å². The Morgan fingerprint density at radius 1 is 0.523 bits per heavy atom. The van der Waals surface area contributed by atoms with E-state index in [4.69, 9.17) is 53.8 Å². The maximum Gasteiger partial charge on any atom is 0.434 e. The summed E-state index contributed by atoms with van der Waals surface area (Å²) in [6.07, 6.45) is 7.81. The van der Waals surface area contributed by atoms with Crippen LogP contribution in [0.1, 0.15) is 206 Å². The largest absolute Gasteiger partial charge is 0.469 e. The van der Waals surface area contributed by atoms with Crippen molar-refractivity contribution in [2.24, 2.45) is 46.4 Å². The van der Waals surface area contributed by atoms with Gasteiger partial charge in [-0.05, 0) is 118 Å². The van der Waals surface area contributed by atoms with Crippen LogP contribution >= 0.6 is 0 Å². The number of alkyl carbamates (subject to hydrolysis) is 3. The smallest absolute Gasteiger partial charge is 0.434 e. The number of nitrogens with zero attached hydrogens (tertiary/aromatic N) is 1. The molecule has 0 radical (unpaired) electrons. The summed E-state index contributed by atoms with van der Waals surface area (Å²) in [5, 5.41) is 28.4. The minimum atomic E-state index is -1.19. The second kappa shape index (κ2) is 54.3. The molecule has 0 spiro atoms. The van der Waals surface area contributed by atoms with E-state index in [1.54, 1.807) is 48.5 Å². The number of methoxy groups -OCH3 is 2. The molecule has 0 aliphatic heterocycles. The molecule has 111 heavy (non-hydrogen) atoms. The number of terminal acetylenes is 1. The fourth-order valence-electron chi connectivity index (χ4n) is 13.9. The number of nitrogens with one attached hydrogen (secondary N) is 10. The number of aliphatic imine (C=N–C) groups is 1. The molecule has 10 N–H and O–H groups in total. The number of esters is 2. The molecule has 0 bridgehead atoms. The fraction of sp³-hybridized carbons (Fsp3) is 0.782. The Balaban J connectivity index is 2.02. The molecule has 0 aromatic carbocycles. The van der Waals surface area contributed by atoms with Gasteiger partial charge in [0.15, 0.2) is 0 Å². The first-order valence-electron chi connectivity index (χ1n) is 39.3. The number of amides is 10. The van der Waals surface area contributed by atoms with Crippen molar-refractivity contribution in [1.82, 2.24) is 53.2 Å². The van der Waals surface area contributed by atoms with Gasteiger partial charge in [0.2, 0.25) is 35.4 Å². The summed E-state index contributed by atoms with van der Waals surface area (Å²) in [5.41, 5.74) is -1.11. The van der Waals surface area contributed by atoms with Gasteiger partial charge >= 0.3 is 36.3 Å². The van der Waals surface area contributed by atoms with Crippen LogP contribution in [0.2, 0.25) is 0 Å². The lowest BCUT2D eigenvalue weighted by atomic mass is 9.76. The normalized spacial score (nSPS) is 19.0. The number of ether oxygens (including phenoxy) is 10. The van der Waals surface area contributed by atoms with Gasteiger partial charge in [0.25, 0.3) is 0 Å². The molecule has 0 heterocycles. The Morgan fingerprint density at radius 2 is 0.973 bits per heavy atom. The van der Waals surface area contributed by atoms with Crippen LogP contribution in [0.4, 0.5) is 19.2 Å². The number of hydrogen-bond donors (Lipinski definition) is 10. The Hall–Kier alpha value is -8.35. The van der Waals surface area contributed by atoms with Crippen LogP contribution in [0.25, 0.3) is 0 Å². The highest BCUT2D eigenvalue weighted by Gasteiger charge is 2.55. The number of carbonyl (C=O) groups is 12. The molecule has 0 unspecified atom stereocenters. The van der Waals surface area contributed by atoms with Crippen molar-refractivity contribution < 1.29 is 105 Å². The van der Waals surface area contributed by atoms with Gasteiger partial charge in [0.1, 0.15) is 41.9 Å². The maximum atomic E-state index is 13.6. The predicted octanol–water partition coefficient (Wildman–Crippen LogP) is 6.86. The molecule has 0 aromatic rings. The third-order valence-electron chi connectivity index (χ3n) is 18.9. The first-order valence-corrected chi connectivity index (χ1v) is 39.3. The van der Waals surface area contributed by atoms with Crippen LogP contribution in [0.5, 0.6) is 0 Å². The molecule has 10 amide bonds. The molecule has 2 saturated carbocycles. The highest BCUT2D eigenvalue weighted by molar-refractivity contribution is 5.92. The molecule has 2 rings (SSSR count). The summed E-state index contributed by atoms with van der Waals surface area (Å²) in [4.78, 5) is 162. The van der Waals surface area contributed by atoms with Crippen molar-refractivity contribution in [3.05, 3.63) is 12.4 Å². The van der Waals surface area contributed by atoms with E-state index < -0.39 is 132 Å². The molecule has 632 valence electrons. The number of carbonyl (C=O) groups excluding carboxylic acids is 12. The van der Waals surface area contributed by atoms with Crippen LogP contribution in [-0.2, 0) is 85.7 Å². The third kappa shape index (κ3) is 41.1. The molecular formula is C78H133N11O22. The summed E-state index contributed by atoms with van der Waals surface area (Å²) in [6, 6.07) is -2.89. The maximum absolute atomic E-state index is 13.6. The standard InChI is InChI=1S/C78H133N11O22/c1-18-38-104-40-42-106-44-45-107-43-41-105-39-33-62(93)89-59(31-32-61(92)79-34-27-23-25-29-37-82-74(99)109-69-58(72(97)103-17)48-60(85-51(7)86-76(101)111-78(13,14)15)65(69)67(88-53(9)91)55(21-4)22-5)70(95)83-49-63(94)80-35-28-24-26-30-36-81-73(98)108-68-57(71(96)102-16)47-56(46-50(6)84-75(100)110-77(10,11)12)64(68)66(87-52(8)90)54(19-2)20-3/h1,54-60,64-69,85H,7,19-49H2,2-6,8-17H3,(H,79,92)(H,80,94)(H,81,98)(H,82,99)(H,83,95)(H,86,101)(H,87,90)(H,88,91)(H,89,93)/t56-,57+,58+,59-,60-,64-,65-,66+,67+,68-,69-/m1/s1. The molecule has 33 heteroatoms. The van der Waals surface area contributed by atoms with Crippen molar-refractivity contribution >= 4 is 77.5 Å². The van der Waals surface area contributed by atoms with Gasteiger partial charge in [0.05, 0.1) is 78.8 Å². The third-order valence-corrected chi connectivity index (χ3v) is 18.9. The van der Waals surface area contributed by atoms with Crippen LogP contribution in [0, 0.1) is 53.8 Å². The van der Waals surface area contributed by atoms with Crippen molar-refractivity contribution in [2.45, 2.75) is 253 Å². The number of rotatable bonds is 53. The van der Waals surface area contributed by atoms with Gasteiger partial charge in [0, 0.05) is 88.5 Å². The molecule has 33 nitrogen and oxygen atoms in total. The monoisotopic (exact) mass is 1580 g/mol. The Bertz CT molecular complexity index is 2980. The molecule has 2 fully saturated rings. The first kappa shape index (κ1) is 98.7. The van der Waals surface area contributed by atoms with Gasteiger partial charge in [-0.3, -0.25) is 43.7 Å². The van der Waals surface area contributed by atoms with E-state index in [9.17, 15) is 57.5 Å². The molecule has 0 aromatic heterocycles. The second-order valence-electron chi connectivity index (χ2n) is 30.0. The van der Waals surface area contributed by atoms with E-state index in [0.717, 1.165) is 0 Å². The number of hydrogen-bond acceptors (Lipinski definition) is 23. The van der Waals surface area contributed by atoms with Crippen LogP contribution in [0.3, 0.4) is 0 Å². The minimum absolute atomic E-state index is 0.00518. The summed E-state index contributed by atoms with van der Waals surface area (Å²) >= 11 is 0. The summed E-state index contributed by atoms with van der Waals surface area (Å²) < 4.78 is 55.0. The van der Waals surface area contributed by atoms with Crippen LogP contribution in [-0.4, -0.2) is 225 Å². The van der Waals surface area contributed by atoms with Crippen molar-refractivity contribution in [2.75, 3.05) is 99.8 Å². The molecule has 2 aliphatic carbocycles. The van der Waals surface area contributed by atoms with Gasteiger partial charge in [-0.1, -0.05) is 91.6 Å². The van der Waals surface area contributed by atoms with Gasteiger partial charge in [-0.25, -0.2) is 19.2 Å². The average molecular weight is 1580 g/mol. The molecule has 2 aliphatic rings. The van der Waals surface area contributed by atoms with E-state index in [1.165, 1.54) is 28.1 Å². The van der Waals surface area contributed by atoms with E-state index in [0.29, 0.717) is 116 Å². The Kier molecular flexibility index (Phi) is 48.3. The predicted molar refractivity (Wildman–Crippen MR) is 414 cm³/mol. The number of unbranched alkanes of at least 4 members (excludes halogenated alkanes) is 6. The Labute approximate surface area is 657 Å². The van der Waals surface area contributed by atoms with Gasteiger partial charge in [-0.2, -0.15) is 4.99 Å². The quantitative estimate of drug-likeness (QED) is 0.00977. The van der Waals surface area contributed by atoms with Crippen LogP contribution < -0.4 is 53.2 Å². The van der Waals surface area contributed by atoms with Crippen molar-refractivity contribution in [3.63, 3.8) is 0 Å². The molecule has 11 atom stereocenters. The van der Waals surface area contributed by atoms with E-state index in [2.05, 4.69) is 70.7 Å². The summed E-state index contributed by atoms with van der Waals surface area (Å²) in [5.74, 6) is -4.97. The average Bonchev–Trinajstić information content (AvgIpc) is 1.64. The summed E-state index contributed by atoms with van der Waals surface area (Å²) in [7, 11) is 2.50. The van der Waals surface area contributed by atoms with Crippen LogP contribution in [0.15, 0.2) is 17.4 Å². The first-order chi connectivity index (χ1) is 52.6. The lowest BCUT2D eigenvalue weighted by molar-refractivity contribution is -0.150. The lowest BCUT2D eigenvalue weighted by Gasteiger charge is -2.38. The Morgan fingerprint density at radius 3 is 1.44 bits per heavy atom. The minimum Gasteiger partial charge on any atom is -0.469 e. The zero-order valence-corrected chi connectivity index (χ0v) is 68.6. The zero-order valence-electron chi connectivity index (χ0n) is 68.6. The van der Waals surface area contributed by atoms with E-state index in [-0.39, 0.29) is 126 Å². The highest BCUT2D eigenvalue weighted by Crippen LogP contribution is 2.46. The van der Waals surface area contributed by atoms with Gasteiger partial charge in [-0.15, -0.1) is 6.42 Å². The highest BCUT2D eigenvalue weighted by atomic mass is 16.6. The summed E-state index contributed by atoms with van der Waals surface area (Å²) in [6.45, 7) is 29.3. The molecule has 0 saturated heterocycles. The second-order valence-corrected chi connectivity index (χ2v) is 30.0. The molecular weight excluding hydrogens is 1440 g/mol. The van der Waals surface area contributed by atoms with Crippen molar-refractivity contribution in [1.29, 1.82) is 0 Å². The lowest BCUT2D eigenvalue weighted by Crippen LogP contribution is -2.55. The van der Waals surface area contributed by atoms with E-state index >= 15 is 0 Å². The fourth-order valence-corrected chi connectivity index (χ4v) is 13.9.